The molecule has 2 atom stereocenters. The average Bonchev–Trinajstić information content (AvgIpc) is 3.40. The van der Waals surface area contributed by atoms with E-state index in [0.717, 1.165) is 51.7 Å². The van der Waals surface area contributed by atoms with Crippen LogP contribution in [0.3, 0.4) is 0 Å². The van der Waals surface area contributed by atoms with Crippen molar-refractivity contribution in [2.75, 3.05) is 23.5 Å². The number of rotatable bonds is 15. The summed E-state index contributed by atoms with van der Waals surface area (Å²) in [5.41, 5.74) is 4.06. The Morgan fingerprint density at radius 2 is 1.87 bits per heavy atom. The maximum Gasteiger partial charge on any atom is 0.326 e. The van der Waals surface area contributed by atoms with E-state index in [9.17, 15) is 14.7 Å². The molecule has 2 aromatic carbocycles. The van der Waals surface area contributed by atoms with Gasteiger partial charge in [-0.2, -0.15) is 23.5 Å². The first-order chi connectivity index (χ1) is 18.4. The minimum Gasteiger partial charge on any atom is -0.480 e. The van der Waals surface area contributed by atoms with Crippen molar-refractivity contribution in [1.82, 2.24) is 5.32 Å². The summed E-state index contributed by atoms with van der Waals surface area (Å²) in [7, 11) is 0. The zero-order valence-corrected chi connectivity index (χ0v) is 24.1. The van der Waals surface area contributed by atoms with Gasteiger partial charge in [-0.1, -0.05) is 44.2 Å². The summed E-state index contributed by atoms with van der Waals surface area (Å²) >= 11 is 3.35. The van der Waals surface area contributed by atoms with Crippen LogP contribution in [0.2, 0.25) is 0 Å². The van der Waals surface area contributed by atoms with Crippen LogP contribution in [0.4, 0.5) is 0 Å². The number of ether oxygens (including phenoxy) is 1. The van der Waals surface area contributed by atoms with Gasteiger partial charge in [-0.15, -0.1) is 0 Å². The summed E-state index contributed by atoms with van der Waals surface area (Å²) in [4.78, 5) is 25.1. The van der Waals surface area contributed by atoms with Crippen LogP contribution in [0.25, 0.3) is 11.1 Å². The summed E-state index contributed by atoms with van der Waals surface area (Å²) < 4.78 is 12.3. The lowest BCUT2D eigenvalue weighted by Crippen LogP contribution is -2.41. The van der Waals surface area contributed by atoms with Crippen molar-refractivity contribution in [2.45, 2.75) is 52.4 Å². The van der Waals surface area contributed by atoms with E-state index in [-0.39, 0.29) is 6.10 Å². The molecule has 204 valence electrons. The monoisotopic (exact) mass is 555 g/mol. The molecule has 2 unspecified atom stereocenters. The Hall–Kier alpha value is -2.68. The van der Waals surface area contributed by atoms with E-state index in [2.05, 4.69) is 19.2 Å². The zero-order valence-electron chi connectivity index (χ0n) is 22.5. The molecule has 1 amide bonds. The van der Waals surface area contributed by atoms with Gasteiger partial charge in [0.25, 0.3) is 5.91 Å². The van der Waals surface area contributed by atoms with Crippen LogP contribution in [0.5, 0.6) is 0 Å². The Balaban J connectivity index is 1.89. The molecule has 38 heavy (non-hydrogen) atoms. The topological polar surface area (TPSA) is 88.8 Å². The van der Waals surface area contributed by atoms with E-state index < -0.39 is 17.9 Å². The average molecular weight is 556 g/mol. The molecule has 0 bridgehead atoms. The SMILES string of the molecule is CCSCC(OCc1ccc(C(=O)NC(CCSC)C(=O)O)c(-c2ccccc2C)c1)c1ccc(CC)o1. The lowest BCUT2D eigenvalue weighted by Gasteiger charge is -2.19. The predicted molar refractivity (Wildman–Crippen MR) is 157 cm³/mol. The first-order valence-corrected chi connectivity index (χ1v) is 15.4. The van der Waals surface area contributed by atoms with E-state index in [1.807, 2.05) is 61.7 Å². The van der Waals surface area contributed by atoms with Gasteiger partial charge in [0.2, 0.25) is 0 Å². The second-order valence-corrected chi connectivity index (χ2v) is 11.3. The smallest absolute Gasteiger partial charge is 0.326 e. The van der Waals surface area contributed by atoms with Crippen molar-refractivity contribution in [3.8, 4) is 11.1 Å². The van der Waals surface area contributed by atoms with E-state index in [1.165, 1.54) is 0 Å². The number of furan rings is 1. The molecule has 2 N–H and O–H groups in total. The van der Waals surface area contributed by atoms with E-state index in [4.69, 9.17) is 9.15 Å². The molecule has 0 fully saturated rings. The number of carbonyl (C=O) groups is 2. The maximum atomic E-state index is 13.3. The molecule has 0 aliphatic heterocycles. The number of carboxylic acid groups (broad SMARTS) is 1. The lowest BCUT2D eigenvalue weighted by molar-refractivity contribution is -0.139. The third kappa shape index (κ3) is 8.16. The summed E-state index contributed by atoms with van der Waals surface area (Å²) in [6, 6.07) is 16.5. The van der Waals surface area contributed by atoms with Gasteiger partial charge in [-0.05, 0) is 77.6 Å². The van der Waals surface area contributed by atoms with Gasteiger partial charge in [0.05, 0.1) is 6.61 Å². The van der Waals surface area contributed by atoms with Crippen molar-refractivity contribution in [3.05, 3.63) is 82.8 Å². The van der Waals surface area contributed by atoms with Crippen molar-refractivity contribution in [2.24, 2.45) is 0 Å². The Bertz CT molecular complexity index is 1210. The number of thioether (sulfide) groups is 2. The molecular formula is C30H37NO5S2. The van der Waals surface area contributed by atoms with Crippen LogP contribution >= 0.6 is 23.5 Å². The van der Waals surface area contributed by atoms with E-state index in [1.54, 1.807) is 29.6 Å². The summed E-state index contributed by atoms with van der Waals surface area (Å²) in [5, 5.41) is 12.3. The number of carbonyl (C=O) groups excluding carboxylic acids is 1. The highest BCUT2D eigenvalue weighted by Gasteiger charge is 2.23. The molecule has 3 rings (SSSR count). The highest BCUT2D eigenvalue weighted by atomic mass is 32.2. The molecule has 0 saturated carbocycles. The number of hydrogen-bond donors (Lipinski definition) is 2. The van der Waals surface area contributed by atoms with Crippen molar-refractivity contribution in [3.63, 3.8) is 0 Å². The van der Waals surface area contributed by atoms with Crippen molar-refractivity contribution < 1.29 is 23.8 Å². The summed E-state index contributed by atoms with van der Waals surface area (Å²) in [6.45, 7) is 6.53. The Kier molecular flexibility index (Phi) is 11.8. The maximum absolute atomic E-state index is 13.3. The summed E-state index contributed by atoms with van der Waals surface area (Å²) in [5.74, 6) is 2.73. The highest BCUT2D eigenvalue weighted by molar-refractivity contribution is 7.99. The standard InChI is InChI=1S/C30H37NO5S2/c1-5-22-12-14-27(36-22)28(19-38-6-2)35-18-21-11-13-24(25(17-21)23-10-8-7-9-20(23)3)29(32)31-26(30(33)34)15-16-37-4/h7-14,17,26,28H,5-6,15-16,18-19H2,1-4H3,(H,31,32)(H,33,34). The van der Waals surface area contributed by atoms with E-state index in [0.29, 0.717) is 24.3 Å². The normalized spacial score (nSPS) is 12.7. The van der Waals surface area contributed by atoms with Crippen LogP contribution in [-0.4, -0.2) is 46.5 Å². The number of aryl methyl sites for hydroxylation is 2. The van der Waals surface area contributed by atoms with Gasteiger partial charge in [-0.25, -0.2) is 4.79 Å². The first kappa shape index (κ1) is 29.9. The molecule has 0 saturated heterocycles. The number of hydrogen-bond acceptors (Lipinski definition) is 6. The van der Waals surface area contributed by atoms with Crippen LogP contribution in [0, 0.1) is 6.92 Å². The van der Waals surface area contributed by atoms with Gasteiger partial charge in [0.1, 0.15) is 23.7 Å². The fourth-order valence-electron chi connectivity index (χ4n) is 4.10. The van der Waals surface area contributed by atoms with Crippen LogP contribution in [0.15, 0.2) is 59.0 Å². The fourth-order valence-corrected chi connectivity index (χ4v) is 5.28. The van der Waals surface area contributed by atoms with Gasteiger partial charge in [0, 0.05) is 17.7 Å². The molecule has 1 aromatic heterocycles. The lowest BCUT2D eigenvalue weighted by atomic mass is 9.93. The second-order valence-electron chi connectivity index (χ2n) is 8.96. The predicted octanol–water partition coefficient (Wildman–Crippen LogP) is 6.76. The largest absolute Gasteiger partial charge is 0.480 e. The van der Waals surface area contributed by atoms with Gasteiger partial charge in [-0.3, -0.25) is 4.79 Å². The minimum atomic E-state index is -1.03. The third-order valence-electron chi connectivity index (χ3n) is 6.25. The summed E-state index contributed by atoms with van der Waals surface area (Å²) in [6.07, 6.45) is 2.92. The first-order valence-electron chi connectivity index (χ1n) is 12.9. The second kappa shape index (κ2) is 15.0. The molecule has 0 aliphatic carbocycles. The van der Waals surface area contributed by atoms with Crippen LogP contribution in [-0.2, 0) is 22.6 Å². The van der Waals surface area contributed by atoms with Gasteiger partial charge < -0.3 is 19.6 Å². The van der Waals surface area contributed by atoms with Crippen LogP contribution < -0.4 is 5.32 Å². The number of nitrogens with one attached hydrogen (secondary N) is 1. The number of benzene rings is 2. The molecule has 1 heterocycles. The van der Waals surface area contributed by atoms with Gasteiger partial charge in [0.15, 0.2) is 0 Å². The minimum absolute atomic E-state index is 0.183. The fraction of sp³-hybridized carbons (Fsp3) is 0.400. The molecular weight excluding hydrogens is 518 g/mol. The highest BCUT2D eigenvalue weighted by Crippen LogP contribution is 2.30. The van der Waals surface area contributed by atoms with Crippen molar-refractivity contribution >= 4 is 35.4 Å². The van der Waals surface area contributed by atoms with Crippen LogP contribution in [0.1, 0.15) is 59.4 Å². The Morgan fingerprint density at radius 1 is 1.08 bits per heavy atom. The third-order valence-corrected chi connectivity index (χ3v) is 7.84. The molecule has 0 spiro atoms. The Labute approximate surface area is 233 Å². The molecule has 6 nitrogen and oxygen atoms in total. The molecule has 3 aromatic rings. The molecule has 0 radical (unpaired) electrons. The zero-order chi connectivity index (χ0) is 27.5. The number of aliphatic carboxylic acids is 1. The quantitative estimate of drug-likeness (QED) is 0.214. The van der Waals surface area contributed by atoms with Gasteiger partial charge >= 0.3 is 5.97 Å². The molecule has 8 heteroatoms. The Morgan fingerprint density at radius 3 is 2.53 bits per heavy atom. The number of carboxylic acids is 1. The van der Waals surface area contributed by atoms with E-state index >= 15 is 0 Å². The molecule has 0 aliphatic rings. The van der Waals surface area contributed by atoms with Crippen molar-refractivity contribution in [1.29, 1.82) is 0 Å². The number of amides is 1.